The molecule has 0 bridgehead atoms. The number of carbonyl (C=O) groups is 2. The smallest absolute Gasteiger partial charge is 0.339 e. The third-order valence-electron chi connectivity index (χ3n) is 2.94. The predicted octanol–water partition coefficient (Wildman–Crippen LogP) is 2.16. The summed E-state index contributed by atoms with van der Waals surface area (Å²) in [6.45, 7) is 1.75. The Morgan fingerprint density at radius 2 is 1.61 bits per heavy atom. The van der Waals surface area contributed by atoms with Gasteiger partial charge in [0.1, 0.15) is 10.6 Å². The van der Waals surface area contributed by atoms with Crippen molar-refractivity contribution in [3.63, 3.8) is 0 Å². The van der Waals surface area contributed by atoms with Gasteiger partial charge in [0.2, 0.25) is 0 Å². The zero-order chi connectivity index (χ0) is 17.2. The number of hydrogen-bond acceptors (Lipinski definition) is 5. The molecule has 0 aliphatic carbocycles. The van der Waals surface area contributed by atoms with Crippen molar-refractivity contribution in [2.24, 2.45) is 0 Å². The van der Waals surface area contributed by atoms with E-state index in [2.05, 4.69) is 0 Å². The predicted molar refractivity (Wildman–Crippen MR) is 79.4 cm³/mol. The molecule has 2 N–H and O–H groups in total. The van der Waals surface area contributed by atoms with Crippen LogP contribution in [0.15, 0.2) is 47.4 Å². The van der Waals surface area contributed by atoms with Crippen molar-refractivity contribution in [1.82, 2.24) is 0 Å². The molecule has 0 aliphatic rings. The summed E-state index contributed by atoms with van der Waals surface area (Å²) in [6, 6.07) is 8.96. The van der Waals surface area contributed by atoms with Crippen molar-refractivity contribution in [3.8, 4) is 5.75 Å². The van der Waals surface area contributed by atoms with E-state index in [1.165, 1.54) is 12.1 Å². The van der Waals surface area contributed by atoms with E-state index in [1.807, 2.05) is 0 Å². The number of aryl methyl sites for hydroxylation is 1. The Morgan fingerprint density at radius 3 is 2.17 bits per heavy atom. The fourth-order valence-corrected chi connectivity index (χ4v) is 2.83. The molecule has 0 heterocycles. The average Bonchev–Trinajstić information content (AvgIpc) is 2.46. The van der Waals surface area contributed by atoms with Gasteiger partial charge in [0.05, 0.1) is 11.1 Å². The minimum atomic E-state index is -4.28. The number of aromatic carboxylic acids is 2. The highest BCUT2D eigenvalue weighted by Crippen LogP contribution is 2.22. The Labute approximate surface area is 131 Å². The number of carboxylic acid groups (broad SMARTS) is 2. The lowest BCUT2D eigenvalue weighted by Crippen LogP contribution is -2.13. The molecule has 0 aromatic heterocycles. The lowest BCUT2D eigenvalue weighted by Gasteiger charge is -2.09. The van der Waals surface area contributed by atoms with Crippen molar-refractivity contribution >= 4 is 22.1 Å². The Hall–Kier alpha value is -2.87. The van der Waals surface area contributed by atoms with Gasteiger partial charge < -0.3 is 14.4 Å². The first-order chi connectivity index (χ1) is 10.7. The van der Waals surface area contributed by atoms with Crippen LogP contribution in [0.25, 0.3) is 0 Å². The van der Waals surface area contributed by atoms with Crippen LogP contribution in [0.2, 0.25) is 0 Å². The van der Waals surface area contributed by atoms with E-state index in [0.29, 0.717) is 0 Å². The van der Waals surface area contributed by atoms with E-state index >= 15 is 0 Å². The second-order valence-corrected chi connectivity index (χ2v) is 6.22. The van der Waals surface area contributed by atoms with Gasteiger partial charge in [0.15, 0.2) is 0 Å². The molecule has 2 aromatic rings. The maximum Gasteiger partial charge on any atom is 0.339 e. The highest BCUT2D eigenvalue weighted by Gasteiger charge is 2.23. The summed E-state index contributed by atoms with van der Waals surface area (Å²) in [6.07, 6.45) is 0. The van der Waals surface area contributed by atoms with Gasteiger partial charge in [0, 0.05) is 0 Å². The van der Waals surface area contributed by atoms with E-state index in [-0.39, 0.29) is 5.75 Å². The van der Waals surface area contributed by atoms with Gasteiger partial charge >= 0.3 is 22.1 Å². The second-order valence-electron chi connectivity index (χ2n) is 4.67. The summed E-state index contributed by atoms with van der Waals surface area (Å²) in [4.78, 5) is 21.6. The highest BCUT2D eigenvalue weighted by molar-refractivity contribution is 7.87. The Bertz CT molecular complexity index is 884. The molecule has 0 unspecified atom stereocenters. The molecule has 7 nitrogen and oxygen atoms in total. The first kappa shape index (κ1) is 16.5. The number of benzene rings is 2. The van der Waals surface area contributed by atoms with E-state index in [9.17, 15) is 18.0 Å². The maximum atomic E-state index is 12.2. The minimum Gasteiger partial charge on any atom is -0.478 e. The van der Waals surface area contributed by atoms with Gasteiger partial charge in [0.25, 0.3) is 0 Å². The van der Waals surface area contributed by atoms with Crippen molar-refractivity contribution in [2.75, 3.05) is 0 Å². The zero-order valence-electron chi connectivity index (χ0n) is 11.9. The average molecular weight is 336 g/mol. The van der Waals surface area contributed by atoms with Crippen LogP contribution >= 0.6 is 0 Å². The number of carboxylic acids is 2. The fraction of sp³-hybridized carbons (Fsp3) is 0.0667. The molecule has 0 saturated heterocycles. The van der Waals surface area contributed by atoms with Crippen molar-refractivity contribution in [1.29, 1.82) is 0 Å². The summed E-state index contributed by atoms with van der Waals surface area (Å²) in [5.41, 5.74) is -0.358. The fourth-order valence-electron chi connectivity index (χ4n) is 1.88. The second kappa shape index (κ2) is 6.09. The Morgan fingerprint density at radius 1 is 0.957 bits per heavy atom. The van der Waals surface area contributed by atoms with E-state index in [4.69, 9.17) is 14.4 Å². The topological polar surface area (TPSA) is 118 Å². The zero-order valence-corrected chi connectivity index (χ0v) is 12.7. The van der Waals surface area contributed by atoms with Gasteiger partial charge in [-0.05, 0) is 42.8 Å². The van der Waals surface area contributed by atoms with Gasteiger partial charge in [-0.15, -0.1) is 0 Å². The van der Waals surface area contributed by atoms with Crippen LogP contribution in [0, 0.1) is 6.92 Å². The summed E-state index contributed by atoms with van der Waals surface area (Å²) in [7, 11) is -4.28. The van der Waals surface area contributed by atoms with Crippen LogP contribution in [0.4, 0.5) is 0 Å². The molecule has 0 fully saturated rings. The van der Waals surface area contributed by atoms with Gasteiger partial charge in [-0.25, -0.2) is 9.59 Å². The largest absolute Gasteiger partial charge is 0.478 e. The van der Waals surface area contributed by atoms with E-state index < -0.39 is 38.1 Å². The lowest BCUT2D eigenvalue weighted by molar-refractivity contribution is 0.0651. The molecule has 0 radical (unpaired) electrons. The molecular weight excluding hydrogens is 324 g/mol. The normalized spacial score (nSPS) is 11.0. The van der Waals surface area contributed by atoms with Crippen molar-refractivity contribution in [2.45, 2.75) is 11.8 Å². The Balaban J connectivity index is 2.46. The molecular formula is C15H12O7S. The van der Waals surface area contributed by atoms with Gasteiger partial charge in [-0.3, -0.25) is 0 Å². The standard InChI is InChI=1S/C15H12O7S/c1-9-3-2-4-10(7-9)22-23(20,21)11-5-6-12(14(16)17)13(8-11)15(18)19/h2-8H,1H3,(H,16,17)(H,18,19). The summed E-state index contributed by atoms with van der Waals surface area (Å²) in [5.74, 6) is -2.94. The molecule has 8 heteroatoms. The first-order valence-electron chi connectivity index (χ1n) is 6.32. The molecule has 2 rings (SSSR count). The van der Waals surface area contributed by atoms with Crippen LogP contribution < -0.4 is 4.18 Å². The molecule has 23 heavy (non-hydrogen) atoms. The van der Waals surface area contributed by atoms with Gasteiger partial charge in [-0.1, -0.05) is 12.1 Å². The molecule has 0 spiro atoms. The van der Waals surface area contributed by atoms with Gasteiger partial charge in [-0.2, -0.15) is 8.42 Å². The van der Waals surface area contributed by atoms with E-state index in [1.54, 1.807) is 19.1 Å². The molecule has 0 amide bonds. The van der Waals surface area contributed by atoms with Crippen LogP contribution in [-0.2, 0) is 10.1 Å². The quantitative estimate of drug-likeness (QED) is 0.803. The Kier molecular flexibility index (Phi) is 4.37. The SMILES string of the molecule is Cc1cccc(OS(=O)(=O)c2ccc(C(=O)O)c(C(=O)O)c2)c1. The van der Waals surface area contributed by atoms with Crippen LogP contribution in [-0.4, -0.2) is 30.6 Å². The van der Waals surface area contributed by atoms with Crippen LogP contribution in [0.1, 0.15) is 26.3 Å². The summed E-state index contributed by atoms with van der Waals surface area (Å²) >= 11 is 0. The van der Waals surface area contributed by atoms with E-state index in [0.717, 1.165) is 23.8 Å². The maximum absolute atomic E-state index is 12.2. The monoisotopic (exact) mass is 336 g/mol. The lowest BCUT2D eigenvalue weighted by atomic mass is 10.1. The van der Waals surface area contributed by atoms with Crippen LogP contribution in [0.5, 0.6) is 5.75 Å². The molecule has 2 aromatic carbocycles. The third-order valence-corrected chi connectivity index (χ3v) is 4.18. The minimum absolute atomic E-state index is 0.0733. The summed E-state index contributed by atoms with van der Waals surface area (Å²) in [5, 5.41) is 18.0. The molecule has 0 saturated carbocycles. The van der Waals surface area contributed by atoms with Crippen molar-refractivity contribution < 1.29 is 32.4 Å². The highest BCUT2D eigenvalue weighted by atomic mass is 32.2. The first-order valence-corrected chi connectivity index (χ1v) is 7.73. The number of hydrogen-bond donors (Lipinski definition) is 2. The molecule has 0 atom stereocenters. The van der Waals surface area contributed by atoms with Crippen LogP contribution in [0.3, 0.4) is 0 Å². The molecule has 120 valence electrons. The summed E-state index contributed by atoms with van der Waals surface area (Å²) < 4.78 is 29.3. The number of rotatable bonds is 5. The van der Waals surface area contributed by atoms with Crippen molar-refractivity contribution in [3.05, 3.63) is 59.2 Å². The molecule has 0 aliphatic heterocycles. The third kappa shape index (κ3) is 3.67.